The molecular formula is C21H29ClNO5P. The molecule has 0 heterocycles. The van der Waals surface area contributed by atoms with Gasteiger partial charge in [0.05, 0.1) is 12.2 Å². The summed E-state index contributed by atoms with van der Waals surface area (Å²) in [7, 11) is -3.76. The summed E-state index contributed by atoms with van der Waals surface area (Å²) in [6.45, 7) is 5.85. The van der Waals surface area contributed by atoms with Gasteiger partial charge in [-0.25, -0.2) is 0 Å². The molecule has 0 spiro atoms. The summed E-state index contributed by atoms with van der Waals surface area (Å²) in [6.07, 6.45) is -0.598. The molecule has 2 aromatic carbocycles. The lowest BCUT2D eigenvalue weighted by Gasteiger charge is -2.18. The Balaban J connectivity index is 1.79. The second-order valence-corrected chi connectivity index (χ2v) is 9.47. The molecule has 8 heteroatoms. The number of hydrogen-bond acceptors (Lipinski definition) is 5. The molecule has 0 saturated heterocycles. The lowest BCUT2D eigenvalue weighted by molar-refractivity contribution is 0.170. The number of halogens is 1. The molecule has 3 N–H and O–H groups in total. The van der Waals surface area contributed by atoms with Crippen LogP contribution in [0.15, 0.2) is 48.5 Å². The highest BCUT2D eigenvalue weighted by atomic mass is 35.5. The van der Waals surface area contributed by atoms with Gasteiger partial charge in [0.25, 0.3) is 0 Å². The van der Waals surface area contributed by atoms with Gasteiger partial charge in [0.15, 0.2) is 6.35 Å². The molecule has 6 nitrogen and oxygen atoms in total. The third-order valence-electron chi connectivity index (χ3n) is 4.13. The van der Waals surface area contributed by atoms with Gasteiger partial charge in [-0.1, -0.05) is 35.9 Å². The third-order valence-corrected chi connectivity index (χ3v) is 5.57. The summed E-state index contributed by atoms with van der Waals surface area (Å²) in [5, 5.41) is 14.2. The largest absolute Gasteiger partial charge is 0.481 e. The molecule has 0 aliphatic carbocycles. The number of benzene rings is 2. The Morgan fingerprint density at radius 2 is 1.83 bits per heavy atom. The molecule has 0 aromatic heterocycles. The van der Waals surface area contributed by atoms with E-state index < -0.39 is 13.7 Å². The number of aliphatic hydroxyl groups is 1. The Morgan fingerprint density at radius 3 is 2.45 bits per heavy atom. The van der Waals surface area contributed by atoms with E-state index in [2.05, 4.69) is 5.32 Å². The van der Waals surface area contributed by atoms with Gasteiger partial charge < -0.3 is 24.6 Å². The van der Waals surface area contributed by atoms with E-state index >= 15 is 0 Å². The lowest BCUT2D eigenvalue weighted by Crippen LogP contribution is -2.32. The summed E-state index contributed by atoms with van der Waals surface area (Å²) < 4.78 is 22.2. The minimum atomic E-state index is -3.76. The zero-order chi connectivity index (χ0) is 21.4. The first kappa shape index (κ1) is 23.9. The van der Waals surface area contributed by atoms with Crippen LogP contribution >= 0.6 is 19.2 Å². The van der Waals surface area contributed by atoms with E-state index in [1.165, 1.54) is 0 Å². The van der Waals surface area contributed by atoms with E-state index in [4.69, 9.17) is 20.9 Å². The monoisotopic (exact) mass is 441 g/mol. The van der Waals surface area contributed by atoms with Crippen molar-refractivity contribution in [2.75, 3.05) is 12.9 Å². The first-order chi connectivity index (χ1) is 13.6. The number of rotatable bonds is 11. The number of hydrogen-bond donors (Lipinski definition) is 3. The molecule has 160 valence electrons. The zero-order valence-electron chi connectivity index (χ0n) is 16.9. The first-order valence-electron chi connectivity index (χ1n) is 9.53. The first-order valence-corrected chi connectivity index (χ1v) is 11.7. The molecule has 29 heavy (non-hydrogen) atoms. The van der Waals surface area contributed by atoms with Crippen LogP contribution < -0.4 is 10.1 Å². The summed E-state index contributed by atoms with van der Waals surface area (Å²) >= 11 is 5.96. The van der Waals surface area contributed by atoms with Gasteiger partial charge in [0.1, 0.15) is 5.75 Å². The SMILES string of the molecule is CC(C)OP(=O)(O)COc1ccc(C[C@@H](C)NC[C@H](O)c2cccc(Cl)c2)cc1. The van der Waals surface area contributed by atoms with Crippen molar-refractivity contribution < 1.29 is 23.8 Å². The maximum absolute atomic E-state index is 11.8. The van der Waals surface area contributed by atoms with Crippen LogP contribution in [-0.2, 0) is 15.5 Å². The van der Waals surface area contributed by atoms with Crippen LogP contribution in [0.1, 0.15) is 38.0 Å². The second-order valence-electron chi connectivity index (χ2n) is 7.29. The molecule has 2 rings (SSSR count). The second kappa shape index (κ2) is 11.1. The van der Waals surface area contributed by atoms with Crippen molar-refractivity contribution in [3.63, 3.8) is 0 Å². The van der Waals surface area contributed by atoms with Crippen molar-refractivity contribution in [3.8, 4) is 5.75 Å². The Hall–Kier alpha value is -1.40. The average molecular weight is 442 g/mol. The van der Waals surface area contributed by atoms with Crippen LogP contribution in [0.5, 0.6) is 5.75 Å². The van der Waals surface area contributed by atoms with Gasteiger partial charge in [0.2, 0.25) is 0 Å². The predicted molar refractivity (Wildman–Crippen MR) is 116 cm³/mol. The van der Waals surface area contributed by atoms with E-state index in [0.29, 0.717) is 17.3 Å². The van der Waals surface area contributed by atoms with Crippen LogP contribution in [0, 0.1) is 0 Å². The van der Waals surface area contributed by atoms with Crippen molar-refractivity contribution in [2.24, 2.45) is 0 Å². The Kier molecular flexibility index (Phi) is 9.15. The molecule has 0 radical (unpaired) electrons. The number of nitrogens with one attached hydrogen (secondary N) is 1. The summed E-state index contributed by atoms with van der Waals surface area (Å²) in [5.74, 6) is 0.507. The van der Waals surface area contributed by atoms with Crippen molar-refractivity contribution in [2.45, 2.75) is 45.4 Å². The van der Waals surface area contributed by atoms with Crippen LogP contribution in [-0.4, -0.2) is 35.0 Å². The molecule has 0 aliphatic rings. The van der Waals surface area contributed by atoms with Crippen LogP contribution in [0.2, 0.25) is 5.02 Å². The fourth-order valence-electron chi connectivity index (χ4n) is 2.81. The highest BCUT2D eigenvalue weighted by Crippen LogP contribution is 2.43. The van der Waals surface area contributed by atoms with E-state index in [1.54, 1.807) is 38.1 Å². The molecule has 0 bridgehead atoms. The molecule has 2 aromatic rings. The van der Waals surface area contributed by atoms with Crippen molar-refractivity contribution >= 4 is 19.2 Å². The van der Waals surface area contributed by atoms with E-state index in [-0.39, 0.29) is 18.5 Å². The Morgan fingerprint density at radius 1 is 1.14 bits per heavy atom. The molecule has 0 fully saturated rings. The normalized spacial score (nSPS) is 15.7. The van der Waals surface area contributed by atoms with Crippen molar-refractivity contribution in [1.29, 1.82) is 0 Å². The summed E-state index contributed by atoms with van der Waals surface area (Å²) in [5.41, 5.74) is 1.86. The van der Waals surface area contributed by atoms with Crippen LogP contribution in [0.25, 0.3) is 0 Å². The van der Waals surface area contributed by atoms with Crippen LogP contribution in [0.4, 0.5) is 0 Å². The lowest BCUT2D eigenvalue weighted by atomic mass is 10.1. The third kappa shape index (κ3) is 8.87. The van der Waals surface area contributed by atoms with Gasteiger partial charge in [0, 0.05) is 17.6 Å². The van der Waals surface area contributed by atoms with Crippen LogP contribution in [0.3, 0.4) is 0 Å². The summed E-state index contributed by atoms with van der Waals surface area (Å²) in [6, 6.07) is 14.7. The van der Waals surface area contributed by atoms with Gasteiger partial charge in [-0.2, -0.15) is 0 Å². The molecule has 0 aliphatic heterocycles. The topological polar surface area (TPSA) is 88.0 Å². The molecule has 0 saturated carbocycles. The molecule has 1 unspecified atom stereocenters. The Labute approximate surface area is 177 Å². The highest BCUT2D eigenvalue weighted by Gasteiger charge is 2.22. The minimum Gasteiger partial charge on any atom is -0.481 e. The van der Waals surface area contributed by atoms with Gasteiger partial charge >= 0.3 is 7.60 Å². The Bertz CT molecular complexity index is 815. The summed E-state index contributed by atoms with van der Waals surface area (Å²) in [4.78, 5) is 9.69. The smallest absolute Gasteiger partial charge is 0.365 e. The molecular weight excluding hydrogens is 413 g/mol. The van der Waals surface area contributed by atoms with E-state index in [9.17, 15) is 14.6 Å². The standard InChI is InChI=1S/C21H29ClNO5P/c1-15(2)28-29(25,26)14-27-20-9-7-17(8-10-20)11-16(3)23-13-21(24)18-5-4-6-19(22)12-18/h4-10,12,15-16,21,23-24H,11,13-14H2,1-3H3,(H,25,26)/t16-,21+/m1/s1. The highest BCUT2D eigenvalue weighted by molar-refractivity contribution is 7.52. The maximum atomic E-state index is 11.8. The van der Waals surface area contributed by atoms with Crippen molar-refractivity contribution in [3.05, 3.63) is 64.7 Å². The predicted octanol–water partition coefficient (Wildman–Crippen LogP) is 4.54. The maximum Gasteiger partial charge on any atom is 0.365 e. The average Bonchev–Trinajstić information content (AvgIpc) is 2.64. The van der Waals surface area contributed by atoms with Gasteiger partial charge in [-0.3, -0.25) is 4.57 Å². The molecule has 0 amide bonds. The van der Waals surface area contributed by atoms with Gasteiger partial charge in [-0.15, -0.1) is 0 Å². The zero-order valence-corrected chi connectivity index (χ0v) is 18.6. The van der Waals surface area contributed by atoms with Gasteiger partial charge in [-0.05, 0) is 62.6 Å². The number of ether oxygens (including phenoxy) is 1. The van der Waals surface area contributed by atoms with Crippen molar-refractivity contribution in [1.82, 2.24) is 5.32 Å². The van der Waals surface area contributed by atoms with E-state index in [1.807, 2.05) is 31.2 Å². The van der Waals surface area contributed by atoms with E-state index in [0.717, 1.165) is 17.5 Å². The molecule has 3 atom stereocenters. The number of aliphatic hydroxyl groups excluding tert-OH is 1. The fraction of sp³-hybridized carbons (Fsp3) is 0.429. The fourth-order valence-corrected chi connectivity index (χ4v) is 4.04. The quantitative estimate of drug-likeness (QED) is 0.444. The minimum absolute atomic E-state index is 0.146.